The number of hydrogen-bond acceptors (Lipinski definition) is 5. The Morgan fingerprint density at radius 2 is 2.33 bits per heavy atom. The van der Waals surface area contributed by atoms with E-state index < -0.39 is 12.2 Å². The van der Waals surface area contributed by atoms with Crippen molar-refractivity contribution in [1.29, 1.82) is 0 Å². The summed E-state index contributed by atoms with van der Waals surface area (Å²) >= 11 is 0.991. The molecular weight excluding hydrogens is 252 g/mol. The van der Waals surface area contributed by atoms with Gasteiger partial charge in [-0.05, 0) is 12.1 Å². The lowest BCUT2D eigenvalue weighted by Crippen LogP contribution is -2.21. The van der Waals surface area contributed by atoms with Gasteiger partial charge in [0.05, 0.1) is 17.1 Å². The van der Waals surface area contributed by atoms with E-state index in [-0.39, 0.29) is 10.9 Å². The number of hydrogen-bond donors (Lipinski definition) is 3. The van der Waals surface area contributed by atoms with Crippen LogP contribution in [0.3, 0.4) is 0 Å². The van der Waals surface area contributed by atoms with Crippen molar-refractivity contribution in [1.82, 2.24) is 9.97 Å². The van der Waals surface area contributed by atoms with Gasteiger partial charge in [0, 0.05) is 30.6 Å². The largest absolute Gasteiger partial charge is 0.389 e. The number of pyridine rings is 1. The average Bonchev–Trinajstić information content (AvgIpc) is 2.81. The van der Waals surface area contributed by atoms with Crippen molar-refractivity contribution in [2.24, 2.45) is 0 Å². The fourth-order valence-electron chi connectivity index (χ4n) is 1.63. The van der Waals surface area contributed by atoms with Gasteiger partial charge in [-0.2, -0.15) is 0 Å². The van der Waals surface area contributed by atoms with Gasteiger partial charge in [-0.1, -0.05) is 11.8 Å². The summed E-state index contributed by atoms with van der Waals surface area (Å²) in [5.41, 5.74) is 2.14. The summed E-state index contributed by atoms with van der Waals surface area (Å²) in [5, 5.41) is 19.7. The van der Waals surface area contributed by atoms with Gasteiger partial charge in [0.25, 0.3) is 0 Å². The highest BCUT2D eigenvalue weighted by Crippen LogP contribution is 2.22. The van der Waals surface area contributed by atoms with E-state index in [0.717, 1.165) is 22.8 Å². The number of rotatable bonds is 4. The zero-order valence-corrected chi connectivity index (χ0v) is 10.6. The molecule has 6 heteroatoms. The number of carbonyl (C=O) groups excluding carboxylic acids is 1. The normalized spacial score (nSPS) is 14.6. The molecule has 2 aromatic rings. The Labute approximate surface area is 108 Å². The lowest BCUT2D eigenvalue weighted by atomic mass is 10.1. The van der Waals surface area contributed by atoms with Crippen LogP contribution in [0.2, 0.25) is 0 Å². The van der Waals surface area contributed by atoms with Crippen LogP contribution in [0.15, 0.2) is 24.5 Å². The van der Waals surface area contributed by atoms with E-state index in [1.54, 1.807) is 12.3 Å². The summed E-state index contributed by atoms with van der Waals surface area (Å²) in [4.78, 5) is 18.0. The highest BCUT2D eigenvalue weighted by molar-refractivity contribution is 8.13. The lowest BCUT2D eigenvalue weighted by Gasteiger charge is -2.16. The maximum Gasteiger partial charge on any atom is 0.185 e. The minimum atomic E-state index is -1.04. The SMILES string of the molecule is CC(=O)SCC(O)C(O)c1cnc2cc[nH]c2c1. The van der Waals surface area contributed by atoms with E-state index in [2.05, 4.69) is 9.97 Å². The topological polar surface area (TPSA) is 86.2 Å². The summed E-state index contributed by atoms with van der Waals surface area (Å²) in [5.74, 6) is 0.166. The molecule has 0 aromatic carbocycles. The first-order valence-corrected chi connectivity index (χ1v) is 6.49. The second kappa shape index (κ2) is 5.51. The monoisotopic (exact) mass is 266 g/mol. The van der Waals surface area contributed by atoms with E-state index in [9.17, 15) is 15.0 Å². The molecule has 0 spiro atoms. The maximum absolute atomic E-state index is 10.8. The first-order valence-electron chi connectivity index (χ1n) is 5.50. The number of H-pyrrole nitrogens is 1. The van der Waals surface area contributed by atoms with E-state index >= 15 is 0 Å². The van der Waals surface area contributed by atoms with Crippen molar-refractivity contribution in [3.63, 3.8) is 0 Å². The number of carbonyl (C=O) groups is 1. The van der Waals surface area contributed by atoms with Crippen molar-refractivity contribution in [3.8, 4) is 0 Å². The zero-order valence-electron chi connectivity index (χ0n) is 9.83. The number of aliphatic hydroxyl groups is 2. The van der Waals surface area contributed by atoms with Crippen LogP contribution in [0.25, 0.3) is 11.0 Å². The van der Waals surface area contributed by atoms with E-state index in [0.29, 0.717) is 5.56 Å². The molecule has 96 valence electrons. The van der Waals surface area contributed by atoms with Gasteiger partial charge >= 0.3 is 0 Å². The van der Waals surface area contributed by atoms with Crippen LogP contribution in [0.5, 0.6) is 0 Å². The van der Waals surface area contributed by atoms with Gasteiger partial charge in [-0.25, -0.2) is 0 Å². The Balaban J connectivity index is 2.11. The van der Waals surface area contributed by atoms with Crippen LogP contribution >= 0.6 is 11.8 Å². The van der Waals surface area contributed by atoms with Crippen molar-refractivity contribution < 1.29 is 15.0 Å². The van der Waals surface area contributed by atoms with Crippen LogP contribution in [0.4, 0.5) is 0 Å². The van der Waals surface area contributed by atoms with Gasteiger partial charge in [-0.3, -0.25) is 9.78 Å². The Hall–Kier alpha value is -1.37. The number of aliphatic hydroxyl groups excluding tert-OH is 2. The first-order chi connectivity index (χ1) is 8.58. The van der Waals surface area contributed by atoms with E-state index in [4.69, 9.17) is 0 Å². The van der Waals surface area contributed by atoms with Gasteiger partial charge in [0.2, 0.25) is 0 Å². The lowest BCUT2D eigenvalue weighted by molar-refractivity contribution is -0.109. The minimum absolute atomic E-state index is 0.0841. The highest BCUT2D eigenvalue weighted by Gasteiger charge is 2.19. The second-order valence-corrected chi connectivity index (χ2v) is 5.19. The van der Waals surface area contributed by atoms with Crippen molar-refractivity contribution >= 4 is 27.9 Å². The van der Waals surface area contributed by atoms with Crippen molar-refractivity contribution in [2.45, 2.75) is 19.1 Å². The Kier molecular flexibility index (Phi) is 4.00. The Bertz CT molecular complexity index is 555. The van der Waals surface area contributed by atoms with Gasteiger partial charge in [-0.15, -0.1) is 0 Å². The second-order valence-electron chi connectivity index (χ2n) is 3.99. The average molecular weight is 266 g/mol. The first kappa shape index (κ1) is 13.1. The number of aromatic nitrogens is 2. The van der Waals surface area contributed by atoms with E-state index in [1.807, 2.05) is 6.07 Å². The molecule has 0 bridgehead atoms. The van der Waals surface area contributed by atoms with Crippen LogP contribution in [-0.2, 0) is 4.79 Å². The van der Waals surface area contributed by atoms with Crippen molar-refractivity contribution in [2.75, 3.05) is 5.75 Å². The molecule has 0 saturated heterocycles. The molecule has 0 fully saturated rings. The molecule has 18 heavy (non-hydrogen) atoms. The Morgan fingerprint density at radius 3 is 3.06 bits per heavy atom. The third kappa shape index (κ3) is 2.90. The third-order valence-electron chi connectivity index (χ3n) is 2.58. The van der Waals surface area contributed by atoms with Crippen LogP contribution < -0.4 is 0 Å². The van der Waals surface area contributed by atoms with Crippen LogP contribution in [0.1, 0.15) is 18.6 Å². The minimum Gasteiger partial charge on any atom is -0.389 e. The molecule has 2 unspecified atom stereocenters. The predicted octanol–water partition coefficient (Wildman–Crippen LogP) is 1.24. The fraction of sp³-hybridized carbons (Fsp3) is 0.333. The molecule has 2 atom stereocenters. The molecule has 0 saturated carbocycles. The molecule has 2 heterocycles. The molecule has 0 amide bonds. The third-order valence-corrected chi connectivity index (χ3v) is 3.50. The van der Waals surface area contributed by atoms with Gasteiger partial charge < -0.3 is 15.2 Å². The summed E-state index contributed by atoms with van der Waals surface area (Å²) in [7, 11) is 0. The molecule has 2 aromatic heterocycles. The Morgan fingerprint density at radius 1 is 1.56 bits per heavy atom. The molecule has 0 aliphatic heterocycles. The fourth-order valence-corrected chi connectivity index (χ4v) is 2.22. The molecule has 3 N–H and O–H groups in total. The molecule has 0 aliphatic carbocycles. The number of nitrogens with one attached hydrogen (secondary N) is 1. The predicted molar refractivity (Wildman–Crippen MR) is 70.2 cm³/mol. The summed E-state index contributed by atoms with van der Waals surface area (Å²) < 4.78 is 0. The smallest absolute Gasteiger partial charge is 0.185 e. The van der Waals surface area contributed by atoms with Crippen molar-refractivity contribution in [3.05, 3.63) is 30.1 Å². The number of nitrogens with zero attached hydrogens (tertiary/aromatic N) is 1. The quantitative estimate of drug-likeness (QED) is 0.775. The maximum atomic E-state index is 10.8. The number of thioether (sulfide) groups is 1. The number of fused-ring (bicyclic) bond motifs is 1. The van der Waals surface area contributed by atoms with Crippen LogP contribution in [0, 0.1) is 0 Å². The molecule has 0 radical (unpaired) electrons. The zero-order chi connectivity index (χ0) is 13.1. The number of aromatic amines is 1. The van der Waals surface area contributed by atoms with Gasteiger partial charge in [0.1, 0.15) is 6.10 Å². The highest BCUT2D eigenvalue weighted by atomic mass is 32.2. The van der Waals surface area contributed by atoms with Gasteiger partial charge in [0.15, 0.2) is 5.12 Å². The molecule has 0 aliphatic rings. The summed E-state index contributed by atoms with van der Waals surface area (Å²) in [6.07, 6.45) is 1.25. The summed E-state index contributed by atoms with van der Waals surface area (Å²) in [6, 6.07) is 3.57. The molecule has 2 rings (SSSR count). The summed E-state index contributed by atoms with van der Waals surface area (Å²) in [6.45, 7) is 1.43. The van der Waals surface area contributed by atoms with E-state index in [1.165, 1.54) is 13.1 Å². The molecular formula is C12H14N2O3S. The standard InChI is InChI=1S/C12H14N2O3S/c1-7(15)18-6-11(16)12(17)8-4-10-9(14-5-8)2-3-13-10/h2-5,11-13,16-17H,6H2,1H3. The van der Waals surface area contributed by atoms with Crippen LogP contribution in [-0.4, -0.2) is 37.2 Å². The molecule has 5 nitrogen and oxygen atoms in total.